The summed E-state index contributed by atoms with van der Waals surface area (Å²) in [5, 5.41) is 0. The average Bonchev–Trinajstić information content (AvgIpc) is 3.15. The van der Waals surface area contributed by atoms with Crippen molar-refractivity contribution in [1.82, 2.24) is 14.7 Å². The number of ether oxygens (including phenoxy) is 6. The molecule has 50 heavy (non-hydrogen) atoms. The second-order valence-electron chi connectivity index (χ2n) is 12.7. The van der Waals surface area contributed by atoms with Gasteiger partial charge in [-0.05, 0) is 53.1 Å². The Labute approximate surface area is 295 Å². The largest absolute Gasteiger partial charge is 0.493 e. The molecule has 6 rings (SSSR count). The molecule has 0 aliphatic carbocycles. The van der Waals surface area contributed by atoms with Gasteiger partial charge in [-0.25, -0.2) is 0 Å². The molecule has 0 spiro atoms. The van der Waals surface area contributed by atoms with Gasteiger partial charge in [0.1, 0.15) is 13.2 Å². The monoisotopic (exact) mass is 683 g/mol. The lowest BCUT2D eigenvalue weighted by atomic mass is 9.93. The molecule has 3 aromatic rings. The molecule has 0 bridgehead atoms. The molecule has 0 atom stereocenters. The van der Waals surface area contributed by atoms with Crippen molar-refractivity contribution in [2.45, 2.75) is 6.54 Å². The van der Waals surface area contributed by atoms with E-state index in [9.17, 15) is 4.79 Å². The van der Waals surface area contributed by atoms with Crippen LogP contribution in [0.2, 0.25) is 0 Å². The van der Waals surface area contributed by atoms with Crippen molar-refractivity contribution in [3.63, 3.8) is 0 Å². The summed E-state index contributed by atoms with van der Waals surface area (Å²) in [4.78, 5) is 21.0. The molecular formula is C40H49N3O7. The molecule has 10 heteroatoms. The van der Waals surface area contributed by atoms with Gasteiger partial charge < -0.3 is 28.4 Å². The smallest absolute Gasteiger partial charge is 0.187 e. The standard InChI is InChI=1S/C40H49N3O7/c1-45-38-26-32(8-10-36(38)49-22-16-41-12-18-47-19-13-41)24-34-29-43(28-31-6-4-3-5-7-31)30-35(40(34)44)25-33-9-11-37(39(27-33)46-2)50-23-17-42-14-20-48-21-15-42/h3-11,24-27H,12-23,28-30H2,1-2H3/b34-24+,35-25+. The van der Waals surface area contributed by atoms with Crippen LogP contribution in [0.3, 0.4) is 0 Å². The molecule has 3 saturated heterocycles. The minimum absolute atomic E-state index is 0.0314. The van der Waals surface area contributed by atoms with Gasteiger partial charge in [-0.2, -0.15) is 0 Å². The van der Waals surface area contributed by atoms with Crippen LogP contribution in [0.5, 0.6) is 23.0 Å². The second kappa shape index (κ2) is 18.2. The van der Waals surface area contributed by atoms with E-state index in [4.69, 9.17) is 28.4 Å². The van der Waals surface area contributed by atoms with Gasteiger partial charge in [-0.3, -0.25) is 19.5 Å². The summed E-state index contributed by atoms with van der Waals surface area (Å²) in [6.07, 6.45) is 3.94. The van der Waals surface area contributed by atoms with E-state index in [1.807, 2.05) is 66.7 Å². The van der Waals surface area contributed by atoms with Crippen LogP contribution in [-0.4, -0.2) is 127 Å². The van der Waals surface area contributed by atoms with E-state index in [2.05, 4.69) is 26.8 Å². The Hall–Kier alpha value is -4.19. The Morgan fingerprint density at radius 2 is 1.10 bits per heavy atom. The topological polar surface area (TPSA) is 82.2 Å². The number of methoxy groups -OCH3 is 2. The zero-order valence-corrected chi connectivity index (χ0v) is 29.3. The number of carbonyl (C=O) groups excluding carboxylic acids is 1. The Morgan fingerprint density at radius 1 is 0.620 bits per heavy atom. The Kier molecular flexibility index (Phi) is 12.9. The number of hydrogen-bond donors (Lipinski definition) is 0. The number of rotatable bonds is 14. The van der Waals surface area contributed by atoms with E-state index in [0.29, 0.717) is 49.3 Å². The maximum absolute atomic E-state index is 14.1. The van der Waals surface area contributed by atoms with Gasteiger partial charge in [0, 0.05) is 70.0 Å². The van der Waals surface area contributed by atoms with Crippen molar-refractivity contribution in [2.24, 2.45) is 0 Å². The molecule has 0 amide bonds. The van der Waals surface area contributed by atoms with Crippen LogP contribution in [0.15, 0.2) is 77.9 Å². The van der Waals surface area contributed by atoms with E-state index in [1.165, 1.54) is 5.56 Å². The molecule has 3 fully saturated rings. The summed E-state index contributed by atoms with van der Waals surface area (Å²) in [6, 6.07) is 22.0. The average molecular weight is 684 g/mol. The SMILES string of the molecule is COc1cc(/C=C2\CN(Cc3ccccc3)C/C(=C\c3ccc(OCCN4CCOCC4)c(OC)c3)C2=O)ccc1OCCN1CCOCC1. The van der Waals surface area contributed by atoms with E-state index in [1.54, 1.807) is 14.2 Å². The number of Topliss-reactive ketones (excluding diaryl/α,β-unsaturated/α-hetero) is 1. The third-order valence-corrected chi connectivity index (χ3v) is 9.21. The quantitative estimate of drug-likeness (QED) is 0.224. The van der Waals surface area contributed by atoms with Gasteiger partial charge in [0.25, 0.3) is 0 Å². The van der Waals surface area contributed by atoms with Gasteiger partial charge >= 0.3 is 0 Å². The first-order valence-electron chi connectivity index (χ1n) is 17.5. The zero-order chi connectivity index (χ0) is 34.5. The van der Waals surface area contributed by atoms with Crippen LogP contribution in [-0.2, 0) is 20.8 Å². The van der Waals surface area contributed by atoms with Crippen LogP contribution in [0, 0.1) is 0 Å². The lowest BCUT2D eigenvalue weighted by Crippen LogP contribution is -2.38. The molecule has 3 heterocycles. The van der Waals surface area contributed by atoms with Crippen LogP contribution < -0.4 is 18.9 Å². The number of piperidine rings is 1. The van der Waals surface area contributed by atoms with Crippen LogP contribution >= 0.6 is 0 Å². The second-order valence-corrected chi connectivity index (χ2v) is 12.7. The van der Waals surface area contributed by atoms with Crippen LogP contribution in [0.1, 0.15) is 16.7 Å². The number of ketones is 1. The highest BCUT2D eigenvalue weighted by Gasteiger charge is 2.27. The van der Waals surface area contributed by atoms with E-state index >= 15 is 0 Å². The third kappa shape index (κ3) is 9.95. The summed E-state index contributed by atoms with van der Waals surface area (Å²) in [6.45, 7) is 11.3. The van der Waals surface area contributed by atoms with Gasteiger partial charge in [0.2, 0.25) is 0 Å². The molecule has 10 nitrogen and oxygen atoms in total. The molecule has 0 unspecified atom stereocenters. The highest BCUT2D eigenvalue weighted by Crippen LogP contribution is 2.32. The van der Waals surface area contributed by atoms with Gasteiger partial charge in [-0.15, -0.1) is 0 Å². The Balaban J connectivity index is 1.19. The molecule has 0 saturated carbocycles. The predicted octanol–water partition coefficient (Wildman–Crippen LogP) is 4.68. The fourth-order valence-corrected chi connectivity index (χ4v) is 6.47. The Bertz CT molecular complexity index is 1520. The van der Waals surface area contributed by atoms with Crippen molar-refractivity contribution < 1.29 is 33.2 Å². The minimum atomic E-state index is 0.0314. The lowest BCUT2D eigenvalue weighted by molar-refractivity contribution is -0.113. The van der Waals surface area contributed by atoms with Crippen LogP contribution in [0.4, 0.5) is 0 Å². The molecular weight excluding hydrogens is 634 g/mol. The molecule has 3 aromatic carbocycles. The maximum atomic E-state index is 14.1. The van der Waals surface area contributed by atoms with E-state index < -0.39 is 0 Å². The molecule has 3 aliphatic rings. The third-order valence-electron chi connectivity index (χ3n) is 9.21. The fraction of sp³-hybridized carbons (Fsp3) is 0.425. The van der Waals surface area contributed by atoms with Gasteiger partial charge in [0.15, 0.2) is 28.8 Å². The van der Waals surface area contributed by atoms with Gasteiger partial charge in [-0.1, -0.05) is 42.5 Å². The molecule has 0 radical (unpaired) electrons. The number of likely N-dealkylation sites (tertiary alicyclic amines) is 1. The first-order valence-corrected chi connectivity index (χ1v) is 17.5. The first-order chi connectivity index (χ1) is 24.6. The fourth-order valence-electron chi connectivity index (χ4n) is 6.47. The van der Waals surface area contributed by atoms with Crippen molar-refractivity contribution in [2.75, 3.05) is 106 Å². The number of carbonyl (C=O) groups is 1. The molecule has 266 valence electrons. The predicted molar refractivity (Wildman–Crippen MR) is 194 cm³/mol. The normalized spacial score (nSPS) is 19.5. The highest BCUT2D eigenvalue weighted by atomic mass is 16.5. The number of morpholine rings is 2. The maximum Gasteiger partial charge on any atom is 0.187 e. The summed E-state index contributed by atoms with van der Waals surface area (Å²) in [5.74, 6) is 2.68. The molecule has 0 N–H and O–H groups in total. The summed E-state index contributed by atoms with van der Waals surface area (Å²) in [7, 11) is 3.29. The van der Waals surface area contributed by atoms with E-state index in [-0.39, 0.29) is 5.78 Å². The summed E-state index contributed by atoms with van der Waals surface area (Å²) in [5.41, 5.74) is 4.40. The number of benzene rings is 3. The number of hydrogen-bond acceptors (Lipinski definition) is 10. The molecule has 3 aliphatic heterocycles. The van der Waals surface area contributed by atoms with Crippen molar-refractivity contribution in [3.05, 3.63) is 94.6 Å². The van der Waals surface area contributed by atoms with Crippen LogP contribution in [0.25, 0.3) is 12.2 Å². The Morgan fingerprint density at radius 3 is 1.56 bits per heavy atom. The minimum Gasteiger partial charge on any atom is -0.493 e. The zero-order valence-electron chi connectivity index (χ0n) is 29.3. The van der Waals surface area contributed by atoms with Gasteiger partial charge in [0.05, 0.1) is 40.6 Å². The lowest BCUT2D eigenvalue weighted by Gasteiger charge is -2.30. The molecule has 0 aromatic heterocycles. The summed E-state index contributed by atoms with van der Waals surface area (Å²) < 4.78 is 34.5. The first kappa shape index (κ1) is 35.6. The van der Waals surface area contributed by atoms with Crippen molar-refractivity contribution in [3.8, 4) is 23.0 Å². The van der Waals surface area contributed by atoms with E-state index in [0.717, 1.165) is 94.5 Å². The highest BCUT2D eigenvalue weighted by molar-refractivity contribution is 6.14. The number of nitrogens with zero attached hydrogens (tertiary/aromatic N) is 3. The van der Waals surface area contributed by atoms with Crippen molar-refractivity contribution >= 4 is 17.9 Å². The van der Waals surface area contributed by atoms with Crippen molar-refractivity contribution in [1.29, 1.82) is 0 Å². The summed E-state index contributed by atoms with van der Waals surface area (Å²) >= 11 is 0.